The molecule has 2 aliphatic rings. The minimum Gasteiger partial charge on any atom is -0.457 e. The topological polar surface area (TPSA) is 52.6 Å². The van der Waals surface area contributed by atoms with Crippen molar-refractivity contribution in [3.63, 3.8) is 0 Å². The summed E-state index contributed by atoms with van der Waals surface area (Å²) in [5.41, 5.74) is 2.38. The standard InChI is InChI=1S/C12H10O4/c13-11-4-3-10(16-11)7-1-2-8-6-15-12(14)9(8)5-7/h1-2,5,10H,3-4,6H2/t10-/m0/s1. The van der Waals surface area contributed by atoms with Crippen LogP contribution in [0.15, 0.2) is 18.2 Å². The highest BCUT2D eigenvalue weighted by Gasteiger charge is 2.28. The molecule has 16 heavy (non-hydrogen) atoms. The fourth-order valence-corrected chi connectivity index (χ4v) is 2.09. The number of esters is 2. The van der Waals surface area contributed by atoms with Crippen LogP contribution in [0.4, 0.5) is 0 Å². The lowest BCUT2D eigenvalue weighted by molar-refractivity contribution is -0.141. The van der Waals surface area contributed by atoms with Gasteiger partial charge in [0.1, 0.15) is 12.7 Å². The van der Waals surface area contributed by atoms with E-state index < -0.39 is 0 Å². The lowest BCUT2D eigenvalue weighted by atomic mass is 10.0. The van der Waals surface area contributed by atoms with Gasteiger partial charge < -0.3 is 9.47 Å². The molecule has 1 aromatic carbocycles. The van der Waals surface area contributed by atoms with Crippen molar-refractivity contribution in [2.45, 2.75) is 25.6 Å². The Morgan fingerprint density at radius 3 is 2.88 bits per heavy atom. The first kappa shape index (κ1) is 9.39. The van der Waals surface area contributed by atoms with Crippen molar-refractivity contribution in [2.75, 3.05) is 0 Å². The van der Waals surface area contributed by atoms with Crippen LogP contribution >= 0.6 is 0 Å². The zero-order valence-electron chi connectivity index (χ0n) is 8.56. The van der Waals surface area contributed by atoms with Crippen LogP contribution < -0.4 is 0 Å². The van der Waals surface area contributed by atoms with E-state index in [1.807, 2.05) is 12.1 Å². The molecule has 0 amide bonds. The zero-order valence-corrected chi connectivity index (χ0v) is 8.56. The lowest BCUT2D eigenvalue weighted by Crippen LogP contribution is -2.01. The summed E-state index contributed by atoms with van der Waals surface area (Å²) in [6, 6.07) is 5.53. The number of cyclic esters (lactones) is 2. The Hall–Kier alpha value is -1.84. The van der Waals surface area contributed by atoms with E-state index in [-0.39, 0.29) is 18.0 Å². The van der Waals surface area contributed by atoms with Gasteiger partial charge in [-0.3, -0.25) is 4.79 Å². The minimum atomic E-state index is -0.291. The maximum absolute atomic E-state index is 11.4. The Labute approximate surface area is 92.2 Å². The van der Waals surface area contributed by atoms with Gasteiger partial charge in [0.15, 0.2) is 0 Å². The molecule has 0 unspecified atom stereocenters. The number of carbonyl (C=O) groups is 2. The minimum absolute atomic E-state index is 0.173. The smallest absolute Gasteiger partial charge is 0.338 e. The Balaban J connectivity index is 1.95. The first-order valence-corrected chi connectivity index (χ1v) is 5.23. The number of fused-ring (bicyclic) bond motifs is 1. The molecule has 0 aromatic heterocycles. The molecule has 4 heteroatoms. The van der Waals surface area contributed by atoms with E-state index in [1.165, 1.54) is 0 Å². The number of benzene rings is 1. The third-order valence-corrected chi connectivity index (χ3v) is 2.97. The molecule has 1 atom stereocenters. The van der Waals surface area contributed by atoms with Gasteiger partial charge in [-0.2, -0.15) is 0 Å². The predicted molar refractivity (Wildman–Crippen MR) is 53.6 cm³/mol. The van der Waals surface area contributed by atoms with Crippen LogP contribution in [0.2, 0.25) is 0 Å². The number of carbonyl (C=O) groups excluding carboxylic acids is 2. The molecule has 3 rings (SSSR count). The molecule has 1 fully saturated rings. The van der Waals surface area contributed by atoms with E-state index in [2.05, 4.69) is 0 Å². The van der Waals surface area contributed by atoms with Crippen LogP contribution in [0.3, 0.4) is 0 Å². The molecule has 0 spiro atoms. The van der Waals surface area contributed by atoms with E-state index in [9.17, 15) is 9.59 Å². The average Bonchev–Trinajstić information content (AvgIpc) is 2.86. The van der Waals surface area contributed by atoms with Gasteiger partial charge in [0.25, 0.3) is 0 Å². The van der Waals surface area contributed by atoms with Gasteiger partial charge in [-0.15, -0.1) is 0 Å². The molecule has 4 nitrogen and oxygen atoms in total. The number of rotatable bonds is 1. The summed E-state index contributed by atoms with van der Waals surface area (Å²) in [5.74, 6) is -0.464. The van der Waals surface area contributed by atoms with E-state index in [4.69, 9.17) is 9.47 Å². The molecule has 0 saturated carbocycles. The SMILES string of the molecule is O=C1CC[C@@H](c2ccc3c(c2)C(=O)OC3)O1. The fraction of sp³-hybridized carbons (Fsp3) is 0.333. The van der Waals surface area contributed by atoms with Gasteiger partial charge in [-0.1, -0.05) is 12.1 Å². The summed E-state index contributed by atoms with van der Waals surface area (Å²) < 4.78 is 10.1. The van der Waals surface area contributed by atoms with Crippen LogP contribution in [0, 0.1) is 0 Å². The number of hydrogen-bond donors (Lipinski definition) is 0. The third-order valence-electron chi connectivity index (χ3n) is 2.97. The number of ether oxygens (including phenoxy) is 2. The molecule has 1 saturated heterocycles. The van der Waals surface area contributed by atoms with Crippen molar-refractivity contribution in [1.29, 1.82) is 0 Å². The second kappa shape index (κ2) is 3.33. The molecule has 0 aliphatic carbocycles. The van der Waals surface area contributed by atoms with Crippen LogP contribution in [0.1, 0.15) is 40.4 Å². The summed E-state index contributed by atoms with van der Waals surface area (Å²) in [6.45, 7) is 0.346. The predicted octanol–water partition coefficient (Wildman–Crippen LogP) is 1.74. The highest BCUT2D eigenvalue weighted by atomic mass is 16.5. The van der Waals surface area contributed by atoms with Crippen LogP contribution in [0.5, 0.6) is 0 Å². The highest BCUT2D eigenvalue weighted by molar-refractivity contribution is 5.93. The van der Waals surface area contributed by atoms with Crippen LogP contribution in [-0.2, 0) is 20.9 Å². The molecule has 0 radical (unpaired) electrons. The van der Waals surface area contributed by atoms with E-state index in [1.54, 1.807) is 6.07 Å². The first-order chi connectivity index (χ1) is 7.74. The molecule has 2 heterocycles. The van der Waals surface area contributed by atoms with Crippen molar-refractivity contribution in [3.8, 4) is 0 Å². The van der Waals surface area contributed by atoms with Gasteiger partial charge in [-0.25, -0.2) is 4.79 Å². The summed E-state index contributed by atoms with van der Waals surface area (Å²) >= 11 is 0. The van der Waals surface area contributed by atoms with Gasteiger partial charge in [0.05, 0.1) is 5.56 Å². The molecule has 1 aromatic rings. The summed E-state index contributed by atoms with van der Waals surface area (Å²) in [5, 5.41) is 0. The molecule has 0 N–H and O–H groups in total. The third kappa shape index (κ3) is 1.38. The maximum Gasteiger partial charge on any atom is 0.338 e. The van der Waals surface area contributed by atoms with Gasteiger partial charge >= 0.3 is 11.9 Å². The van der Waals surface area contributed by atoms with Gasteiger partial charge in [0.2, 0.25) is 0 Å². The first-order valence-electron chi connectivity index (χ1n) is 5.23. The van der Waals surface area contributed by atoms with Crippen molar-refractivity contribution in [3.05, 3.63) is 34.9 Å². The molecular formula is C12H10O4. The van der Waals surface area contributed by atoms with Gasteiger partial charge in [0, 0.05) is 12.0 Å². The lowest BCUT2D eigenvalue weighted by Gasteiger charge is -2.09. The monoisotopic (exact) mass is 218 g/mol. The molecular weight excluding hydrogens is 208 g/mol. The van der Waals surface area contributed by atoms with Crippen molar-refractivity contribution >= 4 is 11.9 Å². The largest absolute Gasteiger partial charge is 0.457 e. The Kier molecular flexibility index (Phi) is 1.96. The van der Waals surface area contributed by atoms with E-state index >= 15 is 0 Å². The maximum atomic E-state index is 11.4. The fourth-order valence-electron chi connectivity index (χ4n) is 2.09. The highest BCUT2D eigenvalue weighted by Crippen LogP contribution is 2.32. The van der Waals surface area contributed by atoms with Crippen molar-refractivity contribution in [2.24, 2.45) is 0 Å². The Morgan fingerprint density at radius 1 is 1.25 bits per heavy atom. The Morgan fingerprint density at radius 2 is 2.12 bits per heavy atom. The normalized spacial score (nSPS) is 22.9. The van der Waals surface area contributed by atoms with Crippen molar-refractivity contribution < 1.29 is 19.1 Å². The second-order valence-corrected chi connectivity index (χ2v) is 4.01. The second-order valence-electron chi connectivity index (χ2n) is 4.01. The van der Waals surface area contributed by atoms with Crippen molar-refractivity contribution in [1.82, 2.24) is 0 Å². The number of hydrogen-bond acceptors (Lipinski definition) is 4. The quantitative estimate of drug-likeness (QED) is 0.673. The molecule has 0 bridgehead atoms. The average molecular weight is 218 g/mol. The van der Waals surface area contributed by atoms with Crippen LogP contribution in [-0.4, -0.2) is 11.9 Å². The summed E-state index contributed by atoms with van der Waals surface area (Å²) in [7, 11) is 0. The van der Waals surface area contributed by atoms with Gasteiger partial charge in [-0.05, 0) is 18.1 Å². The molecule has 2 aliphatic heterocycles. The van der Waals surface area contributed by atoms with E-state index in [0.717, 1.165) is 11.1 Å². The Bertz CT molecular complexity index is 478. The van der Waals surface area contributed by atoms with E-state index in [0.29, 0.717) is 25.0 Å². The molecule has 82 valence electrons. The van der Waals surface area contributed by atoms with Crippen LogP contribution in [0.25, 0.3) is 0 Å². The summed E-state index contributed by atoms with van der Waals surface area (Å²) in [4.78, 5) is 22.4. The summed E-state index contributed by atoms with van der Waals surface area (Å²) in [6.07, 6.45) is 0.935. The zero-order chi connectivity index (χ0) is 11.1.